The first-order chi connectivity index (χ1) is 8.15. The minimum atomic E-state index is -0.435. The highest BCUT2D eigenvalue weighted by molar-refractivity contribution is 7.80. The van der Waals surface area contributed by atoms with Crippen molar-refractivity contribution >= 4 is 18.5 Å². The Morgan fingerprint density at radius 3 is 2.65 bits per heavy atom. The average molecular weight is 255 g/mol. The number of thiol groups is 1. The molecule has 0 aliphatic rings. The van der Waals surface area contributed by atoms with Gasteiger partial charge in [-0.05, 0) is 18.4 Å². The van der Waals surface area contributed by atoms with Crippen LogP contribution in [0.5, 0.6) is 0 Å². The molecular weight excluding hydrogens is 238 g/mol. The van der Waals surface area contributed by atoms with Crippen molar-refractivity contribution in [2.24, 2.45) is 0 Å². The minimum Gasteiger partial charge on any atom is -0.351 e. The van der Waals surface area contributed by atoms with E-state index in [2.05, 4.69) is 28.1 Å². The third-order valence-corrected chi connectivity index (χ3v) is 2.71. The summed E-state index contributed by atoms with van der Waals surface area (Å²) in [4.78, 5) is 23.6. The van der Waals surface area contributed by atoms with E-state index in [-0.39, 0.29) is 11.5 Å². The topological polar surface area (TPSA) is 74.8 Å². The van der Waals surface area contributed by atoms with E-state index in [4.69, 9.17) is 0 Å². The number of carbonyl (C=O) groups excluding carboxylic acids is 1. The van der Waals surface area contributed by atoms with Crippen LogP contribution in [0.15, 0.2) is 4.79 Å². The average Bonchev–Trinajstić information content (AvgIpc) is 2.35. The second-order valence-electron chi connectivity index (χ2n) is 3.54. The number of nitrogens with zero attached hydrogens (tertiary/aromatic N) is 1. The molecule has 0 saturated heterocycles. The van der Waals surface area contributed by atoms with E-state index in [9.17, 15) is 9.59 Å². The molecule has 0 fully saturated rings. The molecule has 1 aromatic heterocycles. The normalized spacial score (nSPS) is 10.3. The highest BCUT2D eigenvalue weighted by atomic mass is 32.1. The van der Waals surface area contributed by atoms with Crippen LogP contribution in [-0.4, -0.2) is 28.4 Å². The third kappa shape index (κ3) is 3.09. The lowest BCUT2D eigenvalue weighted by Crippen LogP contribution is -2.33. The number of carbonyl (C=O) groups is 1. The standard InChI is InChI=1S/C11H17N3O2S/c1-3-7-8(4-2)13-14-11(16)9(7)10(15)12-5-6-17/h17H,3-6H2,1-2H3,(H,12,15)(H,14,16). The molecule has 5 nitrogen and oxygen atoms in total. The number of rotatable bonds is 5. The molecule has 94 valence electrons. The van der Waals surface area contributed by atoms with Gasteiger partial charge in [0, 0.05) is 12.3 Å². The van der Waals surface area contributed by atoms with E-state index in [1.807, 2.05) is 13.8 Å². The molecule has 0 spiro atoms. The molecule has 0 saturated carbocycles. The van der Waals surface area contributed by atoms with Crippen molar-refractivity contribution < 1.29 is 4.79 Å². The maximum absolute atomic E-state index is 11.9. The maximum Gasteiger partial charge on any atom is 0.277 e. The van der Waals surface area contributed by atoms with Crippen molar-refractivity contribution in [3.63, 3.8) is 0 Å². The molecule has 0 bridgehead atoms. The molecule has 2 N–H and O–H groups in total. The van der Waals surface area contributed by atoms with Crippen molar-refractivity contribution in [2.75, 3.05) is 12.3 Å². The molecular formula is C11H17N3O2S. The minimum absolute atomic E-state index is 0.182. The molecule has 0 unspecified atom stereocenters. The van der Waals surface area contributed by atoms with Crippen molar-refractivity contribution in [1.29, 1.82) is 0 Å². The van der Waals surface area contributed by atoms with Crippen LogP contribution in [0.1, 0.15) is 35.5 Å². The van der Waals surface area contributed by atoms with Gasteiger partial charge in [0.05, 0.1) is 5.69 Å². The predicted octanol–water partition coefficient (Wildman–Crippen LogP) is 0.554. The van der Waals surface area contributed by atoms with Gasteiger partial charge in [-0.1, -0.05) is 13.8 Å². The summed E-state index contributed by atoms with van der Waals surface area (Å²) in [5.74, 6) is 0.186. The molecule has 1 aromatic rings. The lowest BCUT2D eigenvalue weighted by molar-refractivity contribution is 0.0953. The molecule has 0 radical (unpaired) electrons. The van der Waals surface area contributed by atoms with Gasteiger partial charge in [-0.2, -0.15) is 17.7 Å². The highest BCUT2D eigenvalue weighted by Crippen LogP contribution is 2.09. The van der Waals surface area contributed by atoms with Gasteiger partial charge in [0.25, 0.3) is 11.5 Å². The number of amides is 1. The monoisotopic (exact) mass is 255 g/mol. The van der Waals surface area contributed by atoms with Crippen molar-refractivity contribution in [3.8, 4) is 0 Å². The zero-order valence-corrected chi connectivity index (χ0v) is 10.9. The Bertz CT molecular complexity index is 457. The summed E-state index contributed by atoms with van der Waals surface area (Å²) in [6.07, 6.45) is 1.30. The van der Waals surface area contributed by atoms with Crippen LogP contribution in [0.25, 0.3) is 0 Å². The van der Waals surface area contributed by atoms with E-state index in [1.54, 1.807) is 0 Å². The van der Waals surface area contributed by atoms with E-state index < -0.39 is 5.56 Å². The Balaban J connectivity index is 3.20. The number of H-pyrrole nitrogens is 1. The van der Waals surface area contributed by atoms with Crippen LogP contribution in [-0.2, 0) is 12.8 Å². The summed E-state index contributed by atoms with van der Waals surface area (Å²) in [5.41, 5.74) is 1.24. The van der Waals surface area contributed by atoms with Gasteiger partial charge in [0.1, 0.15) is 5.56 Å². The fraction of sp³-hybridized carbons (Fsp3) is 0.545. The summed E-state index contributed by atoms with van der Waals surface area (Å²) in [5, 5.41) is 8.98. The van der Waals surface area contributed by atoms with Crippen LogP contribution in [0.4, 0.5) is 0 Å². The van der Waals surface area contributed by atoms with Crippen LogP contribution in [0.3, 0.4) is 0 Å². The van der Waals surface area contributed by atoms with Gasteiger partial charge in [0.2, 0.25) is 0 Å². The maximum atomic E-state index is 11.9. The van der Waals surface area contributed by atoms with E-state index >= 15 is 0 Å². The predicted molar refractivity (Wildman–Crippen MR) is 69.8 cm³/mol. The number of aryl methyl sites for hydroxylation is 1. The highest BCUT2D eigenvalue weighted by Gasteiger charge is 2.18. The first kappa shape index (κ1) is 13.8. The fourth-order valence-electron chi connectivity index (χ4n) is 1.69. The summed E-state index contributed by atoms with van der Waals surface area (Å²) in [6, 6.07) is 0. The van der Waals surface area contributed by atoms with Crippen LogP contribution in [0, 0.1) is 0 Å². The Morgan fingerprint density at radius 2 is 2.12 bits per heavy atom. The fourth-order valence-corrected chi connectivity index (χ4v) is 1.81. The molecule has 0 atom stereocenters. The van der Waals surface area contributed by atoms with E-state index in [0.29, 0.717) is 25.1 Å². The van der Waals surface area contributed by atoms with Crippen LogP contribution < -0.4 is 10.9 Å². The van der Waals surface area contributed by atoms with Crippen molar-refractivity contribution in [3.05, 3.63) is 27.2 Å². The van der Waals surface area contributed by atoms with Gasteiger partial charge < -0.3 is 5.32 Å². The lowest BCUT2D eigenvalue weighted by Gasteiger charge is -2.10. The molecule has 17 heavy (non-hydrogen) atoms. The second-order valence-corrected chi connectivity index (χ2v) is 3.99. The quantitative estimate of drug-likeness (QED) is 0.673. The summed E-state index contributed by atoms with van der Waals surface area (Å²) < 4.78 is 0. The van der Waals surface area contributed by atoms with E-state index in [1.165, 1.54) is 0 Å². The summed E-state index contributed by atoms with van der Waals surface area (Å²) in [7, 11) is 0. The molecule has 0 aliphatic carbocycles. The molecule has 0 aliphatic heterocycles. The number of nitrogens with one attached hydrogen (secondary N) is 2. The van der Waals surface area contributed by atoms with Gasteiger partial charge in [-0.3, -0.25) is 9.59 Å². The largest absolute Gasteiger partial charge is 0.351 e. The molecule has 1 amide bonds. The molecule has 6 heteroatoms. The Labute approximate surface area is 105 Å². The first-order valence-corrected chi connectivity index (χ1v) is 6.28. The zero-order chi connectivity index (χ0) is 12.8. The molecule has 1 rings (SSSR count). The van der Waals surface area contributed by atoms with Gasteiger partial charge >= 0.3 is 0 Å². The summed E-state index contributed by atoms with van der Waals surface area (Å²) in [6.45, 7) is 4.29. The van der Waals surface area contributed by atoms with Crippen LogP contribution in [0.2, 0.25) is 0 Å². The molecule has 0 aromatic carbocycles. The summed E-state index contributed by atoms with van der Waals surface area (Å²) >= 11 is 4.01. The van der Waals surface area contributed by atoms with Gasteiger partial charge in [0.15, 0.2) is 0 Å². The second kappa shape index (κ2) is 6.44. The SMILES string of the molecule is CCc1n[nH]c(=O)c(C(=O)NCCS)c1CC. The Hall–Kier alpha value is -1.30. The third-order valence-electron chi connectivity index (χ3n) is 2.48. The Kier molecular flexibility index (Phi) is 5.21. The van der Waals surface area contributed by atoms with E-state index in [0.717, 1.165) is 11.3 Å². The van der Waals surface area contributed by atoms with Crippen LogP contribution >= 0.6 is 12.6 Å². The Morgan fingerprint density at radius 1 is 1.41 bits per heavy atom. The van der Waals surface area contributed by atoms with Gasteiger partial charge in [-0.25, -0.2) is 5.10 Å². The number of hydrogen-bond donors (Lipinski definition) is 3. The lowest BCUT2D eigenvalue weighted by atomic mass is 10.0. The van der Waals surface area contributed by atoms with Crippen molar-refractivity contribution in [1.82, 2.24) is 15.5 Å². The zero-order valence-electron chi connectivity index (χ0n) is 10.0. The number of hydrogen-bond acceptors (Lipinski definition) is 4. The first-order valence-electron chi connectivity index (χ1n) is 5.65. The number of aromatic nitrogens is 2. The van der Waals surface area contributed by atoms with Crippen molar-refractivity contribution in [2.45, 2.75) is 26.7 Å². The smallest absolute Gasteiger partial charge is 0.277 e. The molecule has 1 heterocycles. The van der Waals surface area contributed by atoms with Gasteiger partial charge in [-0.15, -0.1) is 0 Å². The number of aromatic amines is 1.